The van der Waals surface area contributed by atoms with Crippen molar-refractivity contribution in [2.45, 2.75) is 12.8 Å². The summed E-state index contributed by atoms with van der Waals surface area (Å²) in [7, 11) is 0. The normalized spacial score (nSPS) is 21.4. The fraction of sp³-hybridized carbons (Fsp3) is 0.429. The van der Waals surface area contributed by atoms with Crippen LogP contribution >= 0.6 is 34.8 Å². The molecule has 120 valence electrons. The second-order valence-electron chi connectivity index (χ2n) is 5.42. The summed E-state index contributed by atoms with van der Waals surface area (Å²) in [6.45, 7) is 1.67. The minimum Gasteiger partial charge on any atom is -0.369 e. The number of quaternary nitrogens is 1. The maximum Gasteiger partial charge on any atom is 0.279 e. The van der Waals surface area contributed by atoms with Crippen LogP contribution in [0, 0.1) is 5.92 Å². The number of rotatable bonds is 4. The van der Waals surface area contributed by atoms with Gasteiger partial charge >= 0.3 is 0 Å². The Hall–Kier alpha value is -1.01. The number of carbonyl (C=O) groups is 2. The van der Waals surface area contributed by atoms with E-state index in [1.165, 1.54) is 12.1 Å². The number of nitrogens with two attached hydrogens (primary N) is 1. The molecule has 2 amide bonds. The van der Waals surface area contributed by atoms with Gasteiger partial charge in [-0.05, 0) is 25.0 Å². The number of anilines is 1. The van der Waals surface area contributed by atoms with Crippen molar-refractivity contribution in [2.75, 3.05) is 25.0 Å². The standard InChI is InChI=1S/C14H16Cl3N3O2/c15-9-4-11(17)12(5-10(9)16)19-13(21)7-20-3-1-2-8(6-20)14(18)22/h4-5,8H,1-3,6-7H2,(H2,18,22)(H,19,21)/p+1/t8-/m1/s1. The Balaban J connectivity index is 1.96. The first-order valence-corrected chi connectivity index (χ1v) is 8.07. The average Bonchev–Trinajstić information content (AvgIpc) is 2.45. The van der Waals surface area contributed by atoms with E-state index in [-0.39, 0.29) is 24.3 Å². The van der Waals surface area contributed by atoms with Crippen LogP contribution in [0.5, 0.6) is 0 Å². The molecule has 1 heterocycles. The molecule has 0 aliphatic carbocycles. The van der Waals surface area contributed by atoms with E-state index in [1.807, 2.05) is 0 Å². The van der Waals surface area contributed by atoms with Gasteiger partial charge in [0.2, 0.25) is 5.91 Å². The summed E-state index contributed by atoms with van der Waals surface area (Å²) < 4.78 is 0. The highest BCUT2D eigenvalue weighted by Crippen LogP contribution is 2.32. The highest BCUT2D eigenvalue weighted by Gasteiger charge is 2.28. The number of halogens is 3. The molecule has 1 aliphatic heterocycles. The zero-order chi connectivity index (χ0) is 16.3. The van der Waals surface area contributed by atoms with E-state index in [2.05, 4.69) is 5.32 Å². The zero-order valence-electron chi connectivity index (χ0n) is 11.8. The van der Waals surface area contributed by atoms with Crippen LogP contribution in [0.25, 0.3) is 0 Å². The Kier molecular flexibility index (Phi) is 5.92. The van der Waals surface area contributed by atoms with Crippen molar-refractivity contribution >= 4 is 52.3 Å². The third-order valence-electron chi connectivity index (χ3n) is 3.71. The lowest BCUT2D eigenvalue weighted by atomic mass is 9.97. The molecule has 1 aromatic rings. The second kappa shape index (κ2) is 7.51. The molecule has 0 spiro atoms. The topological polar surface area (TPSA) is 76.6 Å². The van der Waals surface area contributed by atoms with Crippen LogP contribution in [0.2, 0.25) is 15.1 Å². The van der Waals surface area contributed by atoms with Gasteiger partial charge in [0.25, 0.3) is 5.91 Å². The summed E-state index contributed by atoms with van der Waals surface area (Å²) in [6, 6.07) is 3.00. The van der Waals surface area contributed by atoms with Crippen molar-refractivity contribution in [3.05, 3.63) is 27.2 Å². The van der Waals surface area contributed by atoms with Gasteiger partial charge in [-0.25, -0.2) is 0 Å². The molecule has 5 nitrogen and oxygen atoms in total. The lowest BCUT2D eigenvalue weighted by Gasteiger charge is -2.27. The largest absolute Gasteiger partial charge is 0.369 e. The molecule has 0 radical (unpaired) electrons. The molecule has 0 saturated carbocycles. The van der Waals surface area contributed by atoms with Crippen molar-refractivity contribution in [1.29, 1.82) is 0 Å². The first-order valence-electron chi connectivity index (χ1n) is 6.94. The number of carbonyl (C=O) groups excluding carboxylic acids is 2. The summed E-state index contributed by atoms with van der Waals surface area (Å²) >= 11 is 17.8. The average molecular weight is 366 g/mol. The van der Waals surface area contributed by atoms with E-state index < -0.39 is 0 Å². The molecule has 2 atom stereocenters. The number of likely N-dealkylation sites (tertiary alicyclic amines) is 1. The van der Waals surface area contributed by atoms with Gasteiger partial charge in [0.05, 0.1) is 39.8 Å². The van der Waals surface area contributed by atoms with Crippen LogP contribution in [0.3, 0.4) is 0 Å². The maximum atomic E-state index is 12.1. The highest BCUT2D eigenvalue weighted by atomic mass is 35.5. The quantitative estimate of drug-likeness (QED) is 0.705. The maximum absolute atomic E-state index is 12.1. The molecule has 1 fully saturated rings. The van der Waals surface area contributed by atoms with E-state index in [1.54, 1.807) is 0 Å². The Labute approximate surface area is 143 Å². The summed E-state index contributed by atoms with van der Waals surface area (Å²) in [5.41, 5.74) is 5.76. The van der Waals surface area contributed by atoms with Crippen molar-refractivity contribution in [1.82, 2.24) is 0 Å². The molecule has 22 heavy (non-hydrogen) atoms. The van der Waals surface area contributed by atoms with E-state index in [9.17, 15) is 9.59 Å². The van der Waals surface area contributed by atoms with Gasteiger partial charge in [0, 0.05) is 0 Å². The minimum atomic E-state index is -0.301. The number of hydrogen-bond donors (Lipinski definition) is 3. The summed E-state index contributed by atoms with van der Waals surface area (Å²) in [5, 5.41) is 3.69. The number of benzene rings is 1. The monoisotopic (exact) mass is 364 g/mol. The number of hydrogen-bond acceptors (Lipinski definition) is 2. The SMILES string of the molecule is NC(=O)[C@@H]1CCC[NH+](CC(=O)Nc2cc(Cl)c(Cl)cc2Cl)C1. The molecule has 1 aliphatic rings. The van der Waals surface area contributed by atoms with E-state index >= 15 is 0 Å². The number of primary amides is 1. The number of amides is 2. The summed E-state index contributed by atoms with van der Waals surface area (Å²) in [6.07, 6.45) is 1.67. The van der Waals surface area contributed by atoms with Gasteiger partial charge in [-0.3, -0.25) is 9.59 Å². The number of nitrogens with one attached hydrogen (secondary N) is 2. The Bertz CT molecular complexity index is 595. The first-order chi connectivity index (χ1) is 10.4. The highest BCUT2D eigenvalue weighted by molar-refractivity contribution is 6.44. The molecule has 1 aromatic carbocycles. The van der Waals surface area contributed by atoms with Crippen LogP contribution in [0.4, 0.5) is 5.69 Å². The van der Waals surface area contributed by atoms with Crippen LogP contribution in [0.1, 0.15) is 12.8 Å². The van der Waals surface area contributed by atoms with Crippen molar-refractivity contribution in [2.24, 2.45) is 11.7 Å². The van der Waals surface area contributed by atoms with Crippen molar-refractivity contribution in [3.63, 3.8) is 0 Å². The lowest BCUT2D eigenvalue weighted by molar-refractivity contribution is -0.899. The van der Waals surface area contributed by atoms with Crippen molar-refractivity contribution in [3.8, 4) is 0 Å². The van der Waals surface area contributed by atoms with Gasteiger partial charge < -0.3 is 16.0 Å². The first kappa shape index (κ1) is 17.3. The molecule has 0 aromatic heterocycles. The van der Waals surface area contributed by atoms with E-state index in [0.29, 0.717) is 27.3 Å². The fourth-order valence-corrected chi connectivity index (χ4v) is 3.19. The Morgan fingerprint density at radius 2 is 1.91 bits per heavy atom. The number of piperidine rings is 1. The molecule has 4 N–H and O–H groups in total. The Morgan fingerprint density at radius 3 is 2.59 bits per heavy atom. The van der Waals surface area contributed by atoms with Crippen LogP contribution in [-0.2, 0) is 9.59 Å². The van der Waals surface area contributed by atoms with Gasteiger partial charge in [-0.15, -0.1) is 0 Å². The lowest BCUT2D eigenvalue weighted by Crippen LogP contribution is -3.14. The van der Waals surface area contributed by atoms with Crippen LogP contribution in [0.15, 0.2) is 12.1 Å². The van der Waals surface area contributed by atoms with Crippen LogP contribution < -0.4 is 16.0 Å². The van der Waals surface area contributed by atoms with Gasteiger partial charge in [-0.1, -0.05) is 34.8 Å². The minimum absolute atomic E-state index is 0.162. The van der Waals surface area contributed by atoms with Gasteiger partial charge in [-0.2, -0.15) is 0 Å². The zero-order valence-corrected chi connectivity index (χ0v) is 14.1. The molecule has 8 heteroatoms. The molecular formula is C14H17Cl3N3O2+. The smallest absolute Gasteiger partial charge is 0.279 e. The predicted molar refractivity (Wildman–Crippen MR) is 87.6 cm³/mol. The van der Waals surface area contributed by atoms with Crippen LogP contribution in [-0.4, -0.2) is 31.4 Å². The summed E-state index contributed by atoms with van der Waals surface area (Å²) in [4.78, 5) is 24.4. The molecule has 1 saturated heterocycles. The third kappa shape index (κ3) is 4.49. The van der Waals surface area contributed by atoms with Gasteiger partial charge in [0.1, 0.15) is 0 Å². The molecule has 2 rings (SSSR count). The van der Waals surface area contributed by atoms with Crippen molar-refractivity contribution < 1.29 is 14.5 Å². The predicted octanol–water partition coefficient (Wildman–Crippen LogP) is 1.37. The van der Waals surface area contributed by atoms with E-state index in [4.69, 9.17) is 40.5 Å². The molecule has 1 unspecified atom stereocenters. The van der Waals surface area contributed by atoms with Gasteiger partial charge in [0.15, 0.2) is 6.54 Å². The summed E-state index contributed by atoms with van der Waals surface area (Å²) in [5.74, 6) is -0.657. The second-order valence-corrected chi connectivity index (χ2v) is 6.64. The third-order valence-corrected chi connectivity index (χ3v) is 4.75. The fourth-order valence-electron chi connectivity index (χ4n) is 2.59. The molecule has 0 bridgehead atoms. The van der Waals surface area contributed by atoms with E-state index in [0.717, 1.165) is 24.3 Å². The molecular weight excluding hydrogens is 349 g/mol. The Morgan fingerprint density at radius 1 is 1.23 bits per heavy atom.